The highest BCUT2D eigenvalue weighted by atomic mass is 127. The van der Waals surface area contributed by atoms with E-state index in [0.717, 1.165) is 5.56 Å². The number of benzene rings is 1. The second kappa shape index (κ2) is 10.7. The molecule has 8 heteroatoms. The first kappa shape index (κ1) is 22.6. The maximum absolute atomic E-state index is 13.1. The molecule has 2 rings (SSSR count). The molecular formula is C18H27FIN3O3. The van der Waals surface area contributed by atoms with E-state index in [-0.39, 0.29) is 53.9 Å². The van der Waals surface area contributed by atoms with Crippen LogP contribution in [0.4, 0.5) is 4.39 Å². The summed E-state index contributed by atoms with van der Waals surface area (Å²) in [5.74, 6) is -0.0904. The van der Waals surface area contributed by atoms with E-state index < -0.39 is 0 Å². The van der Waals surface area contributed by atoms with Crippen molar-refractivity contribution in [3.63, 3.8) is 0 Å². The normalized spacial score (nSPS) is 21.6. The van der Waals surface area contributed by atoms with E-state index in [1.165, 1.54) is 19.2 Å². The topological polar surface area (TPSA) is 63.2 Å². The van der Waals surface area contributed by atoms with Crippen molar-refractivity contribution >= 4 is 35.9 Å². The highest BCUT2D eigenvalue weighted by Gasteiger charge is 2.28. The van der Waals surface area contributed by atoms with Crippen molar-refractivity contribution in [2.24, 2.45) is 10.9 Å². The van der Waals surface area contributed by atoms with Crippen LogP contribution in [0.5, 0.6) is 0 Å². The third-order valence-corrected chi connectivity index (χ3v) is 4.18. The monoisotopic (exact) mass is 479 g/mol. The molecule has 1 aliphatic rings. The molecular weight excluding hydrogens is 452 g/mol. The summed E-state index contributed by atoms with van der Waals surface area (Å²) in [4.78, 5) is 17.9. The van der Waals surface area contributed by atoms with Gasteiger partial charge in [0, 0.05) is 20.1 Å². The van der Waals surface area contributed by atoms with Gasteiger partial charge in [0.2, 0.25) is 0 Å². The Bertz CT molecular complexity index is 612. The summed E-state index contributed by atoms with van der Waals surface area (Å²) < 4.78 is 23.9. The van der Waals surface area contributed by atoms with Crippen molar-refractivity contribution in [1.29, 1.82) is 0 Å². The number of halogens is 2. The highest BCUT2D eigenvalue weighted by molar-refractivity contribution is 14.0. The number of carbonyl (C=O) groups is 1. The average Bonchev–Trinajstić information content (AvgIpc) is 2.61. The Morgan fingerprint density at radius 2 is 2.08 bits per heavy atom. The first-order chi connectivity index (χ1) is 11.9. The lowest BCUT2D eigenvalue weighted by Gasteiger charge is -2.38. The number of guanidine groups is 1. The van der Waals surface area contributed by atoms with Gasteiger partial charge < -0.3 is 19.7 Å². The summed E-state index contributed by atoms with van der Waals surface area (Å²) in [6.45, 7) is 5.51. The Hall–Kier alpha value is -1.42. The van der Waals surface area contributed by atoms with E-state index in [1.54, 1.807) is 26.1 Å². The second-order valence-electron chi connectivity index (χ2n) is 6.24. The van der Waals surface area contributed by atoms with Crippen molar-refractivity contribution in [2.45, 2.75) is 26.1 Å². The number of nitrogens with zero attached hydrogens (tertiary/aromatic N) is 2. The molecule has 0 aliphatic carbocycles. The lowest BCUT2D eigenvalue weighted by molar-refractivity contribution is -0.144. The highest BCUT2D eigenvalue weighted by Crippen LogP contribution is 2.25. The van der Waals surface area contributed by atoms with Crippen LogP contribution in [0.3, 0.4) is 0 Å². The predicted octanol–water partition coefficient (Wildman–Crippen LogP) is 2.59. The molecule has 1 aromatic carbocycles. The summed E-state index contributed by atoms with van der Waals surface area (Å²) >= 11 is 0. The minimum absolute atomic E-state index is 0. The number of ether oxygens (including phenoxy) is 2. The molecule has 1 aromatic rings. The zero-order chi connectivity index (χ0) is 18.4. The van der Waals surface area contributed by atoms with Crippen molar-refractivity contribution in [3.8, 4) is 0 Å². The van der Waals surface area contributed by atoms with Gasteiger partial charge in [0.15, 0.2) is 5.96 Å². The first-order valence-corrected chi connectivity index (χ1v) is 8.39. The number of methoxy groups -OCH3 is 1. The first-order valence-electron chi connectivity index (χ1n) is 8.39. The van der Waals surface area contributed by atoms with Crippen LogP contribution >= 0.6 is 24.0 Å². The summed E-state index contributed by atoms with van der Waals surface area (Å²) in [5.41, 5.74) is 0.927. The fraction of sp³-hybridized carbons (Fsp3) is 0.556. The molecule has 3 unspecified atom stereocenters. The van der Waals surface area contributed by atoms with Gasteiger partial charge in [-0.1, -0.05) is 19.1 Å². The zero-order valence-electron chi connectivity index (χ0n) is 15.6. The SMILES string of the molecule is CN=C(NCC(C)C(=O)OC)N1CC(C)OC(c2ccc(F)cc2)C1.I. The third-order valence-electron chi connectivity index (χ3n) is 4.18. The van der Waals surface area contributed by atoms with Gasteiger partial charge in [0.1, 0.15) is 11.9 Å². The minimum Gasteiger partial charge on any atom is -0.469 e. The molecule has 6 nitrogen and oxygen atoms in total. The van der Waals surface area contributed by atoms with Gasteiger partial charge in [-0.05, 0) is 24.6 Å². The maximum atomic E-state index is 13.1. The average molecular weight is 479 g/mol. The molecule has 1 fully saturated rings. The lowest BCUT2D eigenvalue weighted by atomic mass is 10.1. The molecule has 1 N–H and O–H groups in total. The van der Waals surface area contributed by atoms with Gasteiger partial charge in [-0.2, -0.15) is 0 Å². The zero-order valence-corrected chi connectivity index (χ0v) is 17.9. The van der Waals surface area contributed by atoms with Gasteiger partial charge in [-0.25, -0.2) is 4.39 Å². The van der Waals surface area contributed by atoms with Gasteiger partial charge in [-0.15, -0.1) is 24.0 Å². The van der Waals surface area contributed by atoms with Crippen LogP contribution in [0.2, 0.25) is 0 Å². The fourth-order valence-corrected chi connectivity index (χ4v) is 2.85. The summed E-state index contributed by atoms with van der Waals surface area (Å²) in [5, 5.41) is 3.22. The molecule has 0 bridgehead atoms. The van der Waals surface area contributed by atoms with E-state index in [4.69, 9.17) is 9.47 Å². The van der Waals surface area contributed by atoms with Gasteiger partial charge >= 0.3 is 5.97 Å². The molecule has 0 aromatic heterocycles. The lowest BCUT2D eigenvalue weighted by Crippen LogP contribution is -2.51. The van der Waals surface area contributed by atoms with Crippen molar-refractivity contribution in [1.82, 2.24) is 10.2 Å². The van der Waals surface area contributed by atoms with Crippen LogP contribution in [-0.4, -0.2) is 56.7 Å². The van der Waals surface area contributed by atoms with E-state index >= 15 is 0 Å². The van der Waals surface area contributed by atoms with Crippen LogP contribution in [0.25, 0.3) is 0 Å². The standard InChI is InChI=1S/C18H26FN3O3.HI/c1-12(17(23)24-4)9-21-18(20-3)22-10-13(2)25-16(11-22)14-5-7-15(19)8-6-14;/h5-8,12-13,16H,9-11H2,1-4H3,(H,20,21);1H. The molecule has 1 aliphatic heterocycles. The Labute approximate surface area is 171 Å². The predicted molar refractivity (Wildman–Crippen MR) is 109 cm³/mol. The Balaban J connectivity index is 0.00000338. The van der Waals surface area contributed by atoms with Crippen LogP contribution < -0.4 is 5.32 Å². The molecule has 0 radical (unpaired) electrons. The number of nitrogens with one attached hydrogen (secondary N) is 1. The number of aliphatic imine (C=N–C) groups is 1. The van der Waals surface area contributed by atoms with Crippen molar-refractivity contribution in [2.75, 3.05) is 33.8 Å². The molecule has 1 heterocycles. The van der Waals surface area contributed by atoms with E-state index in [9.17, 15) is 9.18 Å². The Morgan fingerprint density at radius 3 is 2.65 bits per heavy atom. The number of esters is 1. The number of rotatable bonds is 4. The summed E-state index contributed by atoms with van der Waals surface area (Å²) in [7, 11) is 3.09. The quantitative estimate of drug-likeness (QED) is 0.312. The smallest absolute Gasteiger partial charge is 0.310 e. The fourth-order valence-electron chi connectivity index (χ4n) is 2.85. The molecule has 1 saturated heterocycles. The van der Waals surface area contributed by atoms with Crippen LogP contribution in [0.15, 0.2) is 29.3 Å². The van der Waals surface area contributed by atoms with Gasteiger partial charge in [-0.3, -0.25) is 9.79 Å². The van der Waals surface area contributed by atoms with Crippen molar-refractivity contribution in [3.05, 3.63) is 35.6 Å². The van der Waals surface area contributed by atoms with E-state index in [1.807, 2.05) is 6.92 Å². The van der Waals surface area contributed by atoms with E-state index in [0.29, 0.717) is 25.6 Å². The number of hydrogen-bond donors (Lipinski definition) is 1. The largest absolute Gasteiger partial charge is 0.469 e. The molecule has 3 atom stereocenters. The summed E-state index contributed by atoms with van der Waals surface area (Å²) in [6.07, 6.45) is -0.165. The third kappa shape index (κ3) is 6.08. The van der Waals surface area contributed by atoms with E-state index in [2.05, 4.69) is 15.2 Å². The Kier molecular flexibility index (Phi) is 9.28. The van der Waals surface area contributed by atoms with Crippen molar-refractivity contribution < 1.29 is 18.7 Å². The molecule has 26 heavy (non-hydrogen) atoms. The maximum Gasteiger partial charge on any atom is 0.310 e. The molecule has 146 valence electrons. The second-order valence-corrected chi connectivity index (χ2v) is 6.24. The minimum atomic E-state index is -0.270. The van der Waals surface area contributed by atoms with Crippen LogP contribution in [-0.2, 0) is 14.3 Å². The molecule has 0 amide bonds. The Morgan fingerprint density at radius 1 is 1.42 bits per heavy atom. The van der Waals surface area contributed by atoms with Gasteiger partial charge in [0.25, 0.3) is 0 Å². The van der Waals surface area contributed by atoms with Crippen LogP contribution in [0.1, 0.15) is 25.5 Å². The number of hydrogen-bond acceptors (Lipinski definition) is 4. The molecule has 0 spiro atoms. The van der Waals surface area contributed by atoms with Crippen LogP contribution in [0, 0.1) is 11.7 Å². The number of morpholine rings is 1. The summed E-state index contributed by atoms with van der Waals surface area (Å²) in [6, 6.07) is 6.36. The van der Waals surface area contributed by atoms with Gasteiger partial charge in [0.05, 0.1) is 25.7 Å². The number of carbonyl (C=O) groups excluding carboxylic acids is 1. The molecule has 0 saturated carbocycles.